The number of ether oxygens (including phenoxy) is 2. The van der Waals surface area contributed by atoms with Gasteiger partial charge in [0.2, 0.25) is 5.91 Å². The van der Waals surface area contributed by atoms with Crippen molar-refractivity contribution in [3.8, 4) is 0 Å². The van der Waals surface area contributed by atoms with Gasteiger partial charge in [0, 0.05) is 0 Å². The topological polar surface area (TPSA) is 212 Å². The normalized spacial score (nSPS) is 20.0. The number of aliphatic hydroxyl groups excluding tert-OH is 5. The summed E-state index contributed by atoms with van der Waals surface area (Å²) in [5.41, 5.74) is 0. The summed E-state index contributed by atoms with van der Waals surface area (Å²) < 4.78 is 47.8. The molecule has 1 saturated heterocycles. The van der Waals surface area contributed by atoms with Crippen LogP contribution < -0.4 is 5.32 Å². The number of carbonyl (C=O) groups excluding carboxylic acids is 1. The molecule has 0 spiro atoms. The van der Waals surface area contributed by atoms with Crippen molar-refractivity contribution in [2.24, 2.45) is 0 Å². The van der Waals surface area contributed by atoms with Crippen LogP contribution in [0.4, 0.5) is 0 Å². The molecule has 0 radical (unpaired) electrons. The summed E-state index contributed by atoms with van der Waals surface area (Å²) >= 11 is 0. The number of aliphatic hydroxyl groups is 5. The highest BCUT2D eigenvalue weighted by Gasteiger charge is 2.48. The summed E-state index contributed by atoms with van der Waals surface area (Å²) in [5, 5.41) is 55.6. The first-order valence-corrected chi connectivity index (χ1v) is 30.5. The van der Waals surface area contributed by atoms with Crippen molar-refractivity contribution in [2.75, 3.05) is 13.2 Å². The maximum atomic E-state index is 13.2. The predicted molar refractivity (Wildman–Crippen MR) is 284 cm³/mol. The molecule has 0 aromatic heterocycles. The molecule has 8 unspecified atom stereocenters. The summed E-state index contributed by atoms with van der Waals surface area (Å²) in [7, 11) is -5.12. The van der Waals surface area contributed by atoms with Crippen molar-refractivity contribution < 1.29 is 57.0 Å². The molecular weight excluding hydrogens is 911 g/mol. The second-order valence-corrected chi connectivity index (χ2v) is 21.8. The Kier molecular flexibility index (Phi) is 44.2. The Bertz CT molecular complexity index is 1310. The van der Waals surface area contributed by atoms with Gasteiger partial charge < -0.3 is 40.3 Å². The van der Waals surface area contributed by atoms with Gasteiger partial charge in [-0.1, -0.05) is 270 Å². The third-order valence-corrected chi connectivity index (χ3v) is 14.6. The van der Waals surface area contributed by atoms with Crippen LogP contribution in [0.3, 0.4) is 0 Å². The van der Waals surface area contributed by atoms with E-state index < -0.39 is 78.5 Å². The minimum Gasteiger partial charge on any atom is -0.394 e. The lowest BCUT2D eigenvalue weighted by atomic mass is 9.99. The second-order valence-electron chi connectivity index (χ2n) is 20.7. The van der Waals surface area contributed by atoms with Gasteiger partial charge in [-0.3, -0.25) is 9.35 Å². The number of nitrogens with one attached hydrogen (secondary N) is 1. The molecule has 416 valence electrons. The van der Waals surface area contributed by atoms with Crippen LogP contribution in [-0.2, 0) is 28.9 Å². The molecule has 1 rings (SSSR count). The molecule has 0 saturated carbocycles. The van der Waals surface area contributed by atoms with Crippen LogP contribution in [-0.4, -0.2) is 107 Å². The molecule has 1 amide bonds. The van der Waals surface area contributed by atoms with Crippen LogP contribution >= 0.6 is 0 Å². The number of allylic oxidation sites excluding steroid dienone is 1. The molecule has 70 heavy (non-hydrogen) atoms. The minimum absolute atomic E-state index is 0.249. The quantitative estimate of drug-likeness (QED) is 0.0172. The Morgan fingerprint density at radius 3 is 1.29 bits per heavy atom. The van der Waals surface area contributed by atoms with E-state index in [0.29, 0.717) is 12.8 Å². The van der Waals surface area contributed by atoms with Crippen LogP contribution in [0, 0.1) is 0 Å². The van der Waals surface area contributed by atoms with E-state index in [1.54, 1.807) is 6.08 Å². The monoisotopic (exact) mass is 1020 g/mol. The van der Waals surface area contributed by atoms with Gasteiger partial charge in [-0.25, -0.2) is 4.18 Å². The molecular formula is C56H109NO12S. The Morgan fingerprint density at radius 2 is 0.929 bits per heavy atom. The smallest absolute Gasteiger partial charge is 0.394 e. The highest BCUT2D eigenvalue weighted by molar-refractivity contribution is 7.80. The lowest BCUT2D eigenvalue weighted by Gasteiger charge is -2.41. The first kappa shape index (κ1) is 66.8. The minimum atomic E-state index is -5.12. The van der Waals surface area contributed by atoms with Crippen molar-refractivity contribution in [3.05, 3.63) is 12.2 Å². The largest absolute Gasteiger partial charge is 0.397 e. The molecule has 1 aliphatic rings. The van der Waals surface area contributed by atoms with E-state index >= 15 is 0 Å². The highest BCUT2D eigenvalue weighted by Crippen LogP contribution is 2.26. The fraction of sp³-hybridized carbons (Fsp3) is 0.946. The van der Waals surface area contributed by atoms with Gasteiger partial charge in [-0.2, -0.15) is 8.42 Å². The van der Waals surface area contributed by atoms with Crippen molar-refractivity contribution in [3.63, 3.8) is 0 Å². The fourth-order valence-electron chi connectivity index (χ4n) is 9.58. The van der Waals surface area contributed by atoms with Crippen LogP contribution in [0.1, 0.15) is 277 Å². The van der Waals surface area contributed by atoms with E-state index in [4.69, 9.17) is 9.47 Å². The molecule has 0 bridgehead atoms. The zero-order valence-corrected chi connectivity index (χ0v) is 45.5. The molecule has 13 nitrogen and oxygen atoms in total. The van der Waals surface area contributed by atoms with E-state index in [0.717, 1.165) is 38.5 Å². The molecule has 14 heteroatoms. The standard InChI is InChI=1S/C56H109NO12S/c1-3-5-7-9-11-13-15-17-19-21-23-25-27-29-31-33-35-37-39-41-43-45-50(60)55(63)57-48(47-67-56-53(62)54(69-70(64,65)66)52(61)51(46-58)68-56)49(59)44-42-40-38-36-34-32-30-28-26-24-22-20-18-16-14-12-10-8-6-4-2/h42,44,48-54,56,58-62H,3-41,43,45-47H2,1-2H3,(H,57,63)(H,64,65,66)/b44-42+. The lowest BCUT2D eigenvalue weighted by Crippen LogP contribution is -2.61. The number of carbonyl (C=O) groups is 1. The SMILES string of the molecule is CCCCCCCCCCCCCCCCCCCC/C=C/C(O)C(COC1OC(CO)C(O)C(OS(=O)(=O)O)C1O)NC(=O)C(O)CCCCCCCCCCCCCCCCCCCCCCC. The summed E-state index contributed by atoms with van der Waals surface area (Å²) in [5.74, 6) is -0.695. The van der Waals surface area contributed by atoms with Gasteiger partial charge in [0.05, 0.1) is 25.4 Å². The Labute approximate surface area is 428 Å². The van der Waals surface area contributed by atoms with Gasteiger partial charge in [0.25, 0.3) is 0 Å². The molecule has 8 atom stereocenters. The van der Waals surface area contributed by atoms with Crippen LogP contribution in [0.5, 0.6) is 0 Å². The second kappa shape index (κ2) is 46.3. The van der Waals surface area contributed by atoms with E-state index in [1.165, 1.54) is 205 Å². The summed E-state index contributed by atoms with van der Waals surface area (Å²) in [4.78, 5) is 13.2. The maximum Gasteiger partial charge on any atom is 0.397 e. The van der Waals surface area contributed by atoms with E-state index in [2.05, 4.69) is 23.3 Å². The zero-order chi connectivity index (χ0) is 51.3. The summed E-state index contributed by atoms with van der Waals surface area (Å²) in [6, 6.07) is -1.12. The third-order valence-electron chi connectivity index (χ3n) is 14.2. The Hall–Kier alpha value is -1.20. The molecule has 0 aliphatic carbocycles. The average Bonchev–Trinajstić information content (AvgIpc) is 3.33. The van der Waals surface area contributed by atoms with Crippen molar-refractivity contribution in [1.29, 1.82) is 0 Å². The van der Waals surface area contributed by atoms with E-state index in [9.17, 15) is 43.3 Å². The molecule has 0 aromatic carbocycles. The first-order chi connectivity index (χ1) is 33.9. The van der Waals surface area contributed by atoms with Crippen molar-refractivity contribution in [1.82, 2.24) is 5.32 Å². The average molecular weight is 1020 g/mol. The van der Waals surface area contributed by atoms with Gasteiger partial charge in [0.15, 0.2) is 6.29 Å². The van der Waals surface area contributed by atoms with E-state index in [1.807, 2.05) is 6.08 Å². The molecule has 7 N–H and O–H groups in total. The number of unbranched alkanes of at least 4 members (excludes halogenated alkanes) is 38. The first-order valence-electron chi connectivity index (χ1n) is 29.2. The van der Waals surface area contributed by atoms with Crippen LogP contribution in [0.25, 0.3) is 0 Å². The molecule has 1 heterocycles. The molecule has 1 fully saturated rings. The zero-order valence-electron chi connectivity index (χ0n) is 44.7. The number of hydrogen-bond acceptors (Lipinski definition) is 11. The van der Waals surface area contributed by atoms with Crippen molar-refractivity contribution >= 4 is 16.3 Å². The number of hydrogen-bond donors (Lipinski definition) is 7. The van der Waals surface area contributed by atoms with Crippen LogP contribution in [0.15, 0.2) is 12.2 Å². The van der Waals surface area contributed by atoms with Gasteiger partial charge >= 0.3 is 10.4 Å². The fourth-order valence-corrected chi connectivity index (χ4v) is 10.1. The molecule has 0 aromatic rings. The predicted octanol–water partition coefficient (Wildman–Crippen LogP) is 12.4. The number of amides is 1. The highest BCUT2D eigenvalue weighted by atomic mass is 32.3. The van der Waals surface area contributed by atoms with Crippen LogP contribution in [0.2, 0.25) is 0 Å². The van der Waals surface area contributed by atoms with E-state index in [-0.39, 0.29) is 6.42 Å². The Balaban J connectivity index is 2.43. The lowest BCUT2D eigenvalue weighted by molar-refractivity contribution is -0.298. The third kappa shape index (κ3) is 37.5. The summed E-state index contributed by atoms with van der Waals surface area (Å²) in [6.07, 6.45) is 42.9. The maximum absolute atomic E-state index is 13.2. The molecule has 1 aliphatic heterocycles. The van der Waals surface area contributed by atoms with Gasteiger partial charge in [0.1, 0.15) is 30.5 Å². The van der Waals surface area contributed by atoms with Crippen molar-refractivity contribution in [2.45, 2.75) is 326 Å². The Morgan fingerprint density at radius 1 is 0.571 bits per heavy atom. The van der Waals surface area contributed by atoms with Gasteiger partial charge in [-0.15, -0.1) is 0 Å². The van der Waals surface area contributed by atoms with Gasteiger partial charge in [-0.05, 0) is 19.3 Å². The number of rotatable bonds is 51. The summed E-state index contributed by atoms with van der Waals surface area (Å²) in [6.45, 7) is 3.28.